The van der Waals surface area contributed by atoms with Crippen LogP contribution in [-0.2, 0) is 13.0 Å². The quantitative estimate of drug-likeness (QED) is 0.845. The normalized spacial score (nSPS) is 21.1. The fourth-order valence-corrected chi connectivity index (χ4v) is 3.88. The summed E-state index contributed by atoms with van der Waals surface area (Å²) in [5, 5.41) is 1.77. The molecule has 0 saturated heterocycles. The Kier molecular flexibility index (Phi) is 3.80. The maximum atomic E-state index is 6.17. The van der Waals surface area contributed by atoms with Crippen molar-refractivity contribution in [1.29, 1.82) is 0 Å². The number of nitrogens with two attached hydrogens (primary N) is 1. The molecule has 3 N–H and O–H groups in total. The molecule has 0 bridgehead atoms. The molecular formula is C19H21N7O. The average Bonchev–Trinajstić information content (AvgIpc) is 3.12. The van der Waals surface area contributed by atoms with Gasteiger partial charge in [-0.1, -0.05) is 6.07 Å². The number of hydrogen-bond acceptors (Lipinski definition) is 8. The summed E-state index contributed by atoms with van der Waals surface area (Å²) in [6.45, 7) is 2.69. The maximum Gasteiger partial charge on any atom is 0.217 e. The Labute approximate surface area is 157 Å². The number of amidine groups is 1. The van der Waals surface area contributed by atoms with Gasteiger partial charge in [-0.3, -0.25) is 9.88 Å². The summed E-state index contributed by atoms with van der Waals surface area (Å²) in [5.74, 6) is 1.86. The van der Waals surface area contributed by atoms with Gasteiger partial charge in [0.1, 0.15) is 17.6 Å². The smallest absolute Gasteiger partial charge is 0.217 e. The van der Waals surface area contributed by atoms with Crippen molar-refractivity contribution in [2.75, 3.05) is 20.2 Å². The second-order valence-corrected chi connectivity index (χ2v) is 6.89. The lowest BCUT2D eigenvalue weighted by Crippen LogP contribution is -2.52. The molecule has 0 amide bonds. The fourth-order valence-electron chi connectivity index (χ4n) is 3.88. The van der Waals surface area contributed by atoms with E-state index in [1.807, 2.05) is 30.6 Å². The lowest BCUT2D eigenvalue weighted by atomic mass is 10.0. The van der Waals surface area contributed by atoms with Crippen molar-refractivity contribution in [3.8, 4) is 5.75 Å². The number of nitrogens with one attached hydrogen (secondary N) is 1. The third-order valence-corrected chi connectivity index (χ3v) is 5.21. The number of benzene rings is 1. The number of para-hydroxylation sites is 1. The largest absolute Gasteiger partial charge is 0.494 e. The highest BCUT2D eigenvalue weighted by atomic mass is 16.5. The van der Waals surface area contributed by atoms with Crippen LogP contribution in [0.25, 0.3) is 0 Å². The first-order chi connectivity index (χ1) is 13.2. The second-order valence-electron chi connectivity index (χ2n) is 6.89. The fraction of sp³-hybridized carbons (Fsp3) is 0.316. The zero-order valence-corrected chi connectivity index (χ0v) is 15.1. The number of methoxy groups -OCH3 is 1. The summed E-state index contributed by atoms with van der Waals surface area (Å²) in [6.07, 6.45) is 4.79. The van der Waals surface area contributed by atoms with Gasteiger partial charge in [-0.25, -0.2) is 15.0 Å². The van der Waals surface area contributed by atoms with Crippen molar-refractivity contribution in [1.82, 2.24) is 20.3 Å². The summed E-state index contributed by atoms with van der Waals surface area (Å²) in [7, 11) is 1.63. The van der Waals surface area contributed by atoms with Gasteiger partial charge in [-0.15, -0.1) is 0 Å². The molecule has 1 atom stereocenters. The summed E-state index contributed by atoms with van der Waals surface area (Å²) < 4.78 is 5.42. The van der Waals surface area contributed by atoms with Gasteiger partial charge >= 0.3 is 0 Å². The number of hydrazine groups is 1. The number of aromatic nitrogens is 1. The van der Waals surface area contributed by atoms with Crippen LogP contribution in [0.1, 0.15) is 16.7 Å². The minimum absolute atomic E-state index is 0.0795. The molecular weight excluding hydrogens is 342 g/mol. The van der Waals surface area contributed by atoms with Crippen LogP contribution < -0.4 is 15.9 Å². The van der Waals surface area contributed by atoms with E-state index in [9.17, 15) is 0 Å². The lowest BCUT2D eigenvalue weighted by Gasteiger charge is -2.30. The third kappa shape index (κ3) is 2.73. The van der Waals surface area contributed by atoms with Crippen molar-refractivity contribution < 1.29 is 4.74 Å². The van der Waals surface area contributed by atoms with Crippen molar-refractivity contribution in [3.05, 3.63) is 53.3 Å². The number of nitrogens with zero attached hydrogens (tertiary/aromatic N) is 5. The van der Waals surface area contributed by atoms with Crippen LogP contribution in [-0.4, -0.2) is 53.1 Å². The molecule has 3 aliphatic rings. The minimum Gasteiger partial charge on any atom is -0.494 e. The molecule has 0 fully saturated rings. The molecule has 3 aliphatic heterocycles. The molecule has 0 aliphatic carbocycles. The van der Waals surface area contributed by atoms with Gasteiger partial charge in [0.2, 0.25) is 5.96 Å². The average molecular weight is 363 g/mol. The molecule has 8 heteroatoms. The Morgan fingerprint density at radius 2 is 2.22 bits per heavy atom. The Balaban J connectivity index is 1.39. The van der Waals surface area contributed by atoms with E-state index in [1.54, 1.807) is 12.1 Å². The minimum atomic E-state index is -0.0795. The van der Waals surface area contributed by atoms with E-state index in [0.717, 1.165) is 43.1 Å². The van der Waals surface area contributed by atoms with Crippen molar-refractivity contribution in [3.63, 3.8) is 0 Å². The predicted molar refractivity (Wildman–Crippen MR) is 103 cm³/mol. The van der Waals surface area contributed by atoms with E-state index in [2.05, 4.69) is 26.4 Å². The number of hydrogen-bond donors (Lipinski definition) is 2. The highest BCUT2D eigenvalue weighted by Crippen LogP contribution is 2.36. The van der Waals surface area contributed by atoms with Crippen LogP contribution in [0.3, 0.4) is 0 Å². The number of rotatable bonds is 3. The molecule has 0 saturated carbocycles. The van der Waals surface area contributed by atoms with Crippen molar-refractivity contribution in [2.24, 2.45) is 15.7 Å². The Morgan fingerprint density at radius 1 is 1.30 bits per heavy atom. The van der Waals surface area contributed by atoms with Gasteiger partial charge in [0.15, 0.2) is 5.84 Å². The van der Waals surface area contributed by atoms with Gasteiger partial charge < -0.3 is 10.5 Å². The van der Waals surface area contributed by atoms with Crippen LogP contribution in [0.2, 0.25) is 0 Å². The van der Waals surface area contributed by atoms with Crippen LogP contribution in [0.5, 0.6) is 5.75 Å². The zero-order chi connectivity index (χ0) is 18.4. The highest BCUT2D eigenvalue weighted by molar-refractivity contribution is 6.15. The topological polar surface area (TPSA) is 91.4 Å². The standard InChI is InChI=1S/C19H21N7O/c1-27-15-4-2-3-14-17(15)23-19(20)26-18(14)22-16(24-26)11-25-8-6-12-5-7-21-9-13(12)10-25/h2-5,7,9,16,24H,6,8,10-11H2,1H3,(H2,20,23). The Bertz CT molecular complexity index is 955. The SMILES string of the molecule is COc1cccc2c1N=C(N)N1NC(CN3CCc4ccncc4C3)N=C21. The number of aliphatic imine (C=N–C) groups is 2. The zero-order valence-electron chi connectivity index (χ0n) is 15.1. The summed E-state index contributed by atoms with van der Waals surface area (Å²) in [6, 6.07) is 7.93. The van der Waals surface area contributed by atoms with Gasteiger partial charge in [0.25, 0.3) is 0 Å². The summed E-state index contributed by atoms with van der Waals surface area (Å²) >= 11 is 0. The third-order valence-electron chi connectivity index (χ3n) is 5.21. The molecule has 1 aromatic heterocycles. The monoisotopic (exact) mass is 363 g/mol. The predicted octanol–water partition coefficient (Wildman–Crippen LogP) is 1.00. The molecule has 27 heavy (non-hydrogen) atoms. The van der Waals surface area contributed by atoms with Crippen molar-refractivity contribution >= 4 is 17.5 Å². The van der Waals surface area contributed by atoms with Crippen LogP contribution in [0.15, 0.2) is 46.6 Å². The van der Waals surface area contributed by atoms with E-state index in [1.165, 1.54) is 11.1 Å². The molecule has 8 nitrogen and oxygen atoms in total. The van der Waals surface area contributed by atoms with Gasteiger partial charge in [0.05, 0.1) is 7.11 Å². The highest BCUT2D eigenvalue weighted by Gasteiger charge is 2.34. The number of ether oxygens (including phenoxy) is 1. The van der Waals surface area contributed by atoms with E-state index >= 15 is 0 Å². The molecule has 4 heterocycles. The van der Waals surface area contributed by atoms with E-state index in [0.29, 0.717) is 11.7 Å². The Hall–Kier alpha value is -2.97. The van der Waals surface area contributed by atoms with Gasteiger partial charge in [-0.2, -0.15) is 5.43 Å². The number of pyridine rings is 1. The summed E-state index contributed by atoms with van der Waals surface area (Å²) in [4.78, 5) is 16.0. The Morgan fingerprint density at radius 3 is 3.11 bits per heavy atom. The van der Waals surface area contributed by atoms with Crippen molar-refractivity contribution in [2.45, 2.75) is 19.1 Å². The van der Waals surface area contributed by atoms with Crippen LogP contribution >= 0.6 is 0 Å². The molecule has 138 valence electrons. The molecule has 5 rings (SSSR count). The van der Waals surface area contributed by atoms with Crippen LogP contribution in [0, 0.1) is 0 Å². The number of guanidine groups is 1. The molecule has 0 spiro atoms. The lowest BCUT2D eigenvalue weighted by molar-refractivity contribution is 0.216. The van der Waals surface area contributed by atoms with Gasteiger partial charge in [0, 0.05) is 37.6 Å². The van der Waals surface area contributed by atoms with Gasteiger partial charge in [-0.05, 0) is 35.7 Å². The van der Waals surface area contributed by atoms with E-state index in [-0.39, 0.29) is 6.17 Å². The molecule has 1 aromatic carbocycles. The molecule has 1 unspecified atom stereocenters. The number of fused-ring (bicyclic) bond motifs is 4. The summed E-state index contributed by atoms with van der Waals surface area (Å²) in [5.41, 5.74) is 13.9. The maximum absolute atomic E-state index is 6.17. The van der Waals surface area contributed by atoms with E-state index < -0.39 is 0 Å². The first-order valence-electron chi connectivity index (χ1n) is 9.02. The molecule has 0 radical (unpaired) electrons. The van der Waals surface area contributed by atoms with Crippen LogP contribution in [0.4, 0.5) is 5.69 Å². The van der Waals surface area contributed by atoms with E-state index in [4.69, 9.17) is 15.5 Å². The second kappa shape index (κ2) is 6.33. The first-order valence-corrected chi connectivity index (χ1v) is 9.02. The molecule has 2 aromatic rings. The first kappa shape index (κ1) is 16.2.